The second kappa shape index (κ2) is 10.8. The molecular weight excluding hydrogens is 407 g/mol. The van der Waals surface area contributed by atoms with Crippen molar-refractivity contribution in [2.24, 2.45) is 11.8 Å². The fraction of sp³-hybridized carbons (Fsp3) is 0.667. The van der Waals surface area contributed by atoms with Gasteiger partial charge in [-0.2, -0.15) is 0 Å². The molecule has 1 aliphatic carbocycles. The zero-order chi connectivity index (χ0) is 22.5. The van der Waals surface area contributed by atoms with E-state index in [9.17, 15) is 19.7 Å². The number of benzene rings is 1. The maximum absolute atomic E-state index is 12.7. The SMILES string of the molecule is O=C(CC1CCC(NCC2CCNCC2)CC1)C[C@H]1Cc2cccc(C(=O)O)c2OB1O. The normalized spacial score (nSPS) is 26.3. The molecule has 32 heavy (non-hydrogen) atoms. The summed E-state index contributed by atoms with van der Waals surface area (Å²) in [6.07, 6.45) is 8.21. The fourth-order valence-electron chi connectivity index (χ4n) is 5.51. The summed E-state index contributed by atoms with van der Waals surface area (Å²) in [7, 11) is -1.15. The lowest BCUT2D eigenvalue weighted by atomic mass is 9.64. The number of nitrogens with one attached hydrogen (secondary N) is 2. The molecule has 8 heteroatoms. The molecule has 3 aliphatic rings. The van der Waals surface area contributed by atoms with Crippen LogP contribution in [0.4, 0.5) is 0 Å². The Balaban J connectivity index is 1.21. The Hall–Kier alpha value is -1.90. The molecule has 7 nitrogen and oxygen atoms in total. The first-order chi connectivity index (χ1) is 15.5. The number of para-hydroxylation sites is 1. The maximum Gasteiger partial charge on any atom is 0.526 e. The predicted octanol–water partition coefficient (Wildman–Crippen LogP) is 2.67. The van der Waals surface area contributed by atoms with Crippen molar-refractivity contribution in [2.45, 2.75) is 69.6 Å². The van der Waals surface area contributed by atoms with Crippen LogP contribution in [-0.4, -0.2) is 54.7 Å². The second-order valence-corrected chi connectivity index (χ2v) is 9.84. The van der Waals surface area contributed by atoms with Gasteiger partial charge in [0.05, 0.1) is 5.56 Å². The highest BCUT2D eigenvalue weighted by molar-refractivity contribution is 6.47. The number of carboxylic acid groups (broad SMARTS) is 1. The molecule has 1 saturated carbocycles. The van der Waals surface area contributed by atoms with Crippen LogP contribution < -0.4 is 15.3 Å². The van der Waals surface area contributed by atoms with Gasteiger partial charge in [-0.3, -0.25) is 4.79 Å². The summed E-state index contributed by atoms with van der Waals surface area (Å²) < 4.78 is 5.53. The van der Waals surface area contributed by atoms with Crippen LogP contribution in [0.2, 0.25) is 5.82 Å². The number of aromatic carboxylic acids is 1. The van der Waals surface area contributed by atoms with Crippen molar-refractivity contribution in [1.82, 2.24) is 10.6 Å². The first-order valence-corrected chi connectivity index (χ1v) is 12.1. The third-order valence-corrected chi connectivity index (χ3v) is 7.46. The second-order valence-electron chi connectivity index (χ2n) is 9.84. The van der Waals surface area contributed by atoms with E-state index in [0.29, 0.717) is 24.8 Å². The van der Waals surface area contributed by atoms with Crippen molar-refractivity contribution in [3.8, 4) is 5.75 Å². The molecule has 0 bridgehead atoms. The van der Waals surface area contributed by atoms with E-state index in [1.165, 1.54) is 18.9 Å². The molecule has 4 rings (SSSR count). The van der Waals surface area contributed by atoms with Gasteiger partial charge < -0.3 is 25.4 Å². The number of hydrogen-bond donors (Lipinski definition) is 4. The van der Waals surface area contributed by atoms with Gasteiger partial charge in [-0.05, 0) is 88.0 Å². The lowest BCUT2D eigenvalue weighted by Crippen LogP contribution is -2.39. The van der Waals surface area contributed by atoms with Crippen molar-refractivity contribution in [3.05, 3.63) is 29.3 Å². The van der Waals surface area contributed by atoms with Gasteiger partial charge in [0.2, 0.25) is 0 Å². The van der Waals surface area contributed by atoms with Gasteiger partial charge in [0.15, 0.2) is 0 Å². The lowest BCUT2D eigenvalue weighted by molar-refractivity contribution is -0.120. The smallest absolute Gasteiger partial charge is 0.526 e. The Morgan fingerprint density at radius 3 is 2.53 bits per heavy atom. The van der Waals surface area contributed by atoms with E-state index in [1.54, 1.807) is 6.07 Å². The Morgan fingerprint density at radius 1 is 1.06 bits per heavy atom. The van der Waals surface area contributed by atoms with E-state index >= 15 is 0 Å². The molecule has 2 heterocycles. The van der Waals surface area contributed by atoms with E-state index in [0.717, 1.165) is 56.8 Å². The maximum atomic E-state index is 12.7. The van der Waals surface area contributed by atoms with Crippen LogP contribution in [0.3, 0.4) is 0 Å². The predicted molar refractivity (Wildman–Crippen MR) is 123 cm³/mol. The molecule has 1 aromatic carbocycles. The van der Waals surface area contributed by atoms with E-state index in [-0.39, 0.29) is 29.3 Å². The monoisotopic (exact) mass is 442 g/mol. The molecule has 2 aliphatic heterocycles. The Labute approximate surface area is 190 Å². The molecule has 1 saturated heterocycles. The van der Waals surface area contributed by atoms with Crippen LogP contribution in [0.25, 0.3) is 0 Å². The summed E-state index contributed by atoms with van der Waals surface area (Å²) in [4.78, 5) is 24.1. The summed E-state index contributed by atoms with van der Waals surface area (Å²) in [5, 5.41) is 26.9. The van der Waals surface area contributed by atoms with Gasteiger partial charge in [-0.1, -0.05) is 12.1 Å². The van der Waals surface area contributed by atoms with Gasteiger partial charge in [-0.15, -0.1) is 0 Å². The summed E-state index contributed by atoms with van der Waals surface area (Å²) in [5.74, 6) is 0.197. The van der Waals surface area contributed by atoms with Gasteiger partial charge in [0.1, 0.15) is 11.5 Å². The van der Waals surface area contributed by atoms with Crippen molar-refractivity contribution in [1.29, 1.82) is 0 Å². The summed E-state index contributed by atoms with van der Waals surface area (Å²) in [6.45, 7) is 3.38. The van der Waals surface area contributed by atoms with Gasteiger partial charge in [0, 0.05) is 24.7 Å². The molecule has 1 atom stereocenters. The van der Waals surface area contributed by atoms with Crippen molar-refractivity contribution >= 4 is 18.9 Å². The topological polar surface area (TPSA) is 108 Å². The number of rotatable bonds is 8. The van der Waals surface area contributed by atoms with Gasteiger partial charge >= 0.3 is 13.1 Å². The zero-order valence-electron chi connectivity index (χ0n) is 18.7. The molecular formula is C24H35BN2O5. The minimum atomic E-state index is -1.15. The van der Waals surface area contributed by atoms with Crippen LogP contribution in [-0.2, 0) is 11.2 Å². The molecule has 0 aromatic heterocycles. The first-order valence-electron chi connectivity index (χ1n) is 12.1. The van der Waals surface area contributed by atoms with Crippen molar-refractivity contribution in [2.75, 3.05) is 19.6 Å². The first kappa shape index (κ1) is 23.3. The van der Waals surface area contributed by atoms with Crippen molar-refractivity contribution in [3.63, 3.8) is 0 Å². The molecule has 0 amide bonds. The number of Topliss-reactive ketones (excluding diaryl/α,β-unsaturated/α-hetero) is 1. The molecule has 174 valence electrons. The van der Waals surface area contributed by atoms with Crippen LogP contribution in [0.15, 0.2) is 18.2 Å². The molecule has 0 unspecified atom stereocenters. The molecule has 2 fully saturated rings. The van der Waals surface area contributed by atoms with E-state index in [1.807, 2.05) is 6.07 Å². The Kier molecular flexibility index (Phi) is 7.86. The molecule has 4 N–H and O–H groups in total. The summed E-state index contributed by atoms with van der Waals surface area (Å²) >= 11 is 0. The lowest BCUT2D eigenvalue weighted by Gasteiger charge is -2.32. The summed E-state index contributed by atoms with van der Waals surface area (Å²) in [6, 6.07) is 5.53. The number of carboxylic acids is 1. The van der Waals surface area contributed by atoms with Crippen LogP contribution in [0, 0.1) is 11.8 Å². The molecule has 0 spiro atoms. The highest BCUT2D eigenvalue weighted by Gasteiger charge is 2.38. The molecule has 0 radical (unpaired) electrons. The highest BCUT2D eigenvalue weighted by atomic mass is 16.5. The van der Waals surface area contributed by atoms with E-state index in [2.05, 4.69) is 10.6 Å². The standard InChI is InChI=1S/C24H35BN2O5/c28-21(12-16-4-6-20(7-5-16)27-15-17-8-10-26-11-9-17)14-19-13-18-2-1-3-22(24(29)30)23(18)32-25(19)31/h1-3,16-17,19-20,26-27,31H,4-15H2,(H,29,30)/t16?,19-,20?/m1/s1. The number of hydrogen-bond acceptors (Lipinski definition) is 6. The number of ketones is 1. The zero-order valence-corrected chi connectivity index (χ0v) is 18.7. The van der Waals surface area contributed by atoms with Gasteiger partial charge in [0.25, 0.3) is 0 Å². The number of carbonyl (C=O) groups is 2. The highest BCUT2D eigenvalue weighted by Crippen LogP contribution is 2.37. The fourth-order valence-corrected chi connectivity index (χ4v) is 5.51. The third kappa shape index (κ3) is 5.91. The minimum Gasteiger partial charge on any atom is -0.535 e. The molecule has 1 aromatic rings. The minimum absolute atomic E-state index is 0.0526. The number of piperidine rings is 1. The Morgan fingerprint density at radius 2 is 1.81 bits per heavy atom. The van der Waals surface area contributed by atoms with Crippen molar-refractivity contribution < 1.29 is 24.4 Å². The van der Waals surface area contributed by atoms with E-state index < -0.39 is 13.1 Å². The number of carbonyl (C=O) groups excluding carboxylic acids is 1. The van der Waals surface area contributed by atoms with Crippen LogP contribution >= 0.6 is 0 Å². The van der Waals surface area contributed by atoms with Gasteiger partial charge in [-0.25, -0.2) is 4.79 Å². The van der Waals surface area contributed by atoms with E-state index in [4.69, 9.17) is 4.65 Å². The van der Waals surface area contributed by atoms with Crippen LogP contribution in [0.1, 0.15) is 67.3 Å². The average Bonchev–Trinajstić information content (AvgIpc) is 2.79. The average molecular weight is 442 g/mol. The largest absolute Gasteiger partial charge is 0.535 e. The third-order valence-electron chi connectivity index (χ3n) is 7.46. The quantitative estimate of drug-likeness (QED) is 0.459. The summed E-state index contributed by atoms with van der Waals surface area (Å²) in [5.41, 5.74) is 0.796. The number of fused-ring (bicyclic) bond motifs is 1. The van der Waals surface area contributed by atoms with Crippen LogP contribution in [0.5, 0.6) is 5.75 Å². The Bertz CT molecular complexity index is 806.